The summed E-state index contributed by atoms with van der Waals surface area (Å²) in [6, 6.07) is -1.61. The molecule has 8 nitrogen and oxygen atoms in total. The van der Waals surface area contributed by atoms with Gasteiger partial charge in [0.2, 0.25) is 5.91 Å². The largest absolute Gasteiger partial charge is 2.00 e. The third kappa shape index (κ3) is 12.8. The predicted octanol–water partition coefficient (Wildman–Crippen LogP) is -1.69. The summed E-state index contributed by atoms with van der Waals surface area (Å²) in [5.41, 5.74) is 0. The van der Waals surface area contributed by atoms with E-state index in [1.165, 1.54) is 0 Å². The number of carbonyl (C=O) groups is 3. The maximum absolute atomic E-state index is 11.1. The Morgan fingerprint density at radius 2 is 1.78 bits per heavy atom. The number of hydrogen-bond donors (Lipinski definition) is 2. The van der Waals surface area contributed by atoms with Crippen molar-refractivity contribution >= 4 is 65.7 Å². The van der Waals surface area contributed by atoms with E-state index in [0.29, 0.717) is 0 Å². The van der Waals surface area contributed by atoms with Crippen LogP contribution < -0.4 is 5.32 Å². The summed E-state index contributed by atoms with van der Waals surface area (Å²) in [7, 11) is -4.48. The van der Waals surface area contributed by atoms with E-state index in [-0.39, 0.29) is 60.1 Å². The minimum atomic E-state index is -4.48. The molecule has 2 N–H and O–H groups in total. The Bertz CT molecular complexity index is 419. The predicted molar refractivity (Wildman–Crippen MR) is 58.8 cm³/mol. The molecule has 0 fully saturated rings. The zero-order valence-electron chi connectivity index (χ0n) is 12.0. The van der Waals surface area contributed by atoms with Gasteiger partial charge < -0.3 is 12.9 Å². The Hall–Kier alpha value is 0.403. The summed E-state index contributed by atoms with van der Waals surface area (Å²) in [6.45, 7) is 1.98. The number of nitrogens with one attached hydrogen (secondary N) is 1. The monoisotopic (exact) mass is 359 g/mol. The zero-order chi connectivity index (χ0) is 12.9. The van der Waals surface area contributed by atoms with Gasteiger partial charge in [0.05, 0.1) is 0 Å². The van der Waals surface area contributed by atoms with Crippen molar-refractivity contribution < 1.29 is 54.4 Å². The molecule has 98 valence electrons. The normalized spacial score (nSPS) is 11.3. The smallest absolute Gasteiger partial charge is 1.00 e. The molecule has 0 saturated heterocycles. The van der Waals surface area contributed by atoms with Crippen molar-refractivity contribution in [3.05, 3.63) is 0 Å². The van der Waals surface area contributed by atoms with Crippen molar-refractivity contribution in [3.8, 4) is 0 Å². The maximum Gasteiger partial charge on any atom is 2.00 e. The maximum atomic E-state index is 11.1. The van der Waals surface area contributed by atoms with Crippen molar-refractivity contribution in [1.29, 1.82) is 0 Å². The Kier molecular flexibility index (Phi) is 13.3. The minimum absolute atomic E-state index is 0. The zero-order valence-corrected chi connectivity index (χ0v) is 16.0. The van der Waals surface area contributed by atoms with Crippen molar-refractivity contribution in [1.82, 2.24) is 5.32 Å². The Morgan fingerprint density at radius 3 is 2.06 bits per heavy atom. The van der Waals surface area contributed by atoms with Crippen LogP contribution in [0.15, 0.2) is 0 Å². The molecule has 0 bridgehead atoms. The number of esters is 2. The van der Waals surface area contributed by atoms with Crippen molar-refractivity contribution in [2.45, 2.75) is 19.9 Å². The molecule has 0 aliphatic rings. The number of amides is 1. The van der Waals surface area contributed by atoms with E-state index >= 15 is 0 Å². The molecule has 0 saturated carbocycles. The quantitative estimate of drug-likeness (QED) is 0.265. The van der Waals surface area contributed by atoms with Crippen LogP contribution in [0.2, 0.25) is 0 Å². The average Bonchev–Trinajstić information content (AvgIpc) is 1.97. The van der Waals surface area contributed by atoms with Gasteiger partial charge in [0.1, 0.15) is 11.8 Å². The van der Waals surface area contributed by atoms with Gasteiger partial charge in [-0.15, -0.1) is 0 Å². The van der Waals surface area contributed by atoms with Crippen LogP contribution in [0.1, 0.15) is 16.7 Å². The van der Waals surface area contributed by atoms with Crippen LogP contribution in [0.4, 0.5) is 0 Å². The molecule has 1 atom stereocenters. The summed E-state index contributed by atoms with van der Waals surface area (Å²) in [5.74, 6) is -3.95. The second-order valence-electron chi connectivity index (χ2n) is 2.91. The molecule has 0 radical (unpaired) electrons. The first-order valence-electron chi connectivity index (χ1n) is 4.06. The Morgan fingerprint density at radius 1 is 1.33 bits per heavy atom. The molecule has 0 aliphatic carbocycles. The van der Waals surface area contributed by atoms with Gasteiger partial charge in [0, 0.05) is 33.3 Å². The molecular weight excluding hydrogens is 348 g/mol. The Labute approximate surface area is 150 Å². The Balaban J connectivity index is -0.000000187. The van der Waals surface area contributed by atoms with Crippen molar-refractivity contribution in [2.24, 2.45) is 0 Å². The number of hydrogen-bond acceptors (Lipinski definition) is 6. The summed E-state index contributed by atoms with van der Waals surface area (Å²) < 4.78 is 33.7. The van der Waals surface area contributed by atoms with Crippen molar-refractivity contribution in [3.63, 3.8) is 0 Å². The van der Waals surface area contributed by atoms with Gasteiger partial charge in [-0.1, -0.05) is 0 Å². The topological polar surface area (TPSA) is 127 Å². The molecular formula is C7H13CaNO7SZn. The van der Waals surface area contributed by atoms with E-state index in [9.17, 15) is 22.8 Å². The molecule has 0 unspecified atom stereocenters. The SMILES string of the molecule is CC(=O)N[C@H](CS(=O)(=O)O)C(=O)OC(C)=O.[Ca+2].[H-].[H-].[Zn]. The van der Waals surface area contributed by atoms with Crippen LogP contribution in [0.25, 0.3) is 0 Å². The fraction of sp³-hybridized carbons (Fsp3) is 0.571. The molecule has 0 heterocycles. The van der Waals surface area contributed by atoms with E-state index in [2.05, 4.69) is 4.74 Å². The fourth-order valence-electron chi connectivity index (χ4n) is 0.837. The molecule has 11 heteroatoms. The second kappa shape index (κ2) is 10.2. The van der Waals surface area contributed by atoms with Crippen LogP contribution in [-0.4, -0.2) is 80.3 Å². The molecule has 0 aromatic rings. The van der Waals surface area contributed by atoms with Crippen LogP contribution >= 0.6 is 0 Å². The third-order valence-corrected chi connectivity index (χ3v) is 2.04. The summed E-state index contributed by atoms with van der Waals surface area (Å²) in [4.78, 5) is 32.2. The number of rotatable bonds is 4. The first-order chi connectivity index (χ1) is 7.11. The summed E-state index contributed by atoms with van der Waals surface area (Å²) >= 11 is 0. The molecule has 0 aliphatic heterocycles. The summed E-state index contributed by atoms with van der Waals surface area (Å²) in [6.07, 6.45) is 0. The fourth-order valence-corrected chi connectivity index (χ4v) is 1.48. The molecule has 18 heavy (non-hydrogen) atoms. The van der Waals surface area contributed by atoms with Crippen molar-refractivity contribution in [2.75, 3.05) is 5.75 Å². The molecule has 0 rings (SSSR count). The van der Waals surface area contributed by atoms with E-state index < -0.39 is 39.8 Å². The van der Waals surface area contributed by atoms with E-state index in [0.717, 1.165) is 13.8 Å². The van der Waals surface area contributed by atoms with E-state index in [1.807, 2.05) is 5.32 Å². The van der Waals surface area contributed by atoms with E-state index in [4.69, 9.17) is 4.55 Å². The average molecular weight is 361 g/mol. The van der Waals surface area contributed by atoms with Gasteiger partial charge in [-0.2, -0.15) is 8.42 Å². The van der Waals surface area contributed by atoms with Crippen LogP contribution in [0, 0.1) is 0 Å². The molecule has 0 aromatic heterocycles. The first kappa shape index (κ1) is 23.5. The second-order valence-corrected chi connectivity index (χ2v) is 4.41. The third-order valence-electron chi connectivity index (χ3n) is 1.28. The van der Waals surface area contributed by atoms with Crippen LogP contribution in [0.3, 0.4) is 0 Å². The van der Waals surface area contributed by atoms with Gasteiger partial charge in [-0.05, 0) is 0 Å². The number of carbonyl (C=O) groups excluding carboxylic acids is 3. The van der Waals surface area contributed by atoms with E-state index in [1.54, 1.807) is 0 Å². The van der Waals surface area contributed by atoms with Crippen LogP contribution in [-0.2, 0) is 48.7 Å². The van der Waals surface area contributed by atoms with Gasteiger partial charge in [0.15, 0.2) is 0 Å². The minimum Gasteiger partial charge on any atom is -1.00 e. The number of ether oxygens (including phenoxy) is 1. The first-order valence-corrected chi connectivity index (χ1v) is 5.67. The van der Waals surface area contributed by atoms with Gasteiger partial charge in [-0.25, -0.2) is 4.79 Å². The van der Waals surface area contributed by atoms with Crippen LogP contribution in [0.5, 0.6) is 0 Å². The van der Waals surface area contributed by atoms with Gasteiger partial charge in [0.25, 0.3) is 10.1 Å². The molecule has 0 spiro atoms. The van der Waals surface area contributed by atoms with Gasteiger partial charge in [-0.3, -0.25) is 14.1 Å². The summed E-state index contributed by atoms with van der Waals surface area (Å²) in [5, 5.41) is 1.94. The van der Waals surface area contributed by atoms with Gasteiger partial charge >= 0.3 is 49.7 Å². The molecule has 1 amide bonds. The molecule has 0 aromatic carbocycles. The standard InChI is InChI=1S/C7H11NO7S.Ca.Zn.2H/c1-4(9)8-6(3-16(12,13)14)7(11)15-5(2)10;;;;/h6H,3H2,1-2H3,(H,8,9)(H,12,13,14);;;;/q;+2;;2*-1/t6-;;;;/m1..../s1.